The first-order chi connectivity index (χ1) is 9.08. The SMILES string of the molecule is CCc1sc(C(=O)OC)c(N)c1-c1cccc(Cl)c1. The number of rotatable bonds is 3. The summed E-state index contributed by atoms with van der Waals surface area (Å²) in [5, 5.41) is 0.643. The molecule has 3 nitrogen and oxygen atoms in total. The van der Waals surface area contributed by atoms with Crippen LogP contribution < -0.4 is 5.73 Å². The number of thiophene rings is 1. The van der Waals surface area contributed by atoms with Gasteiger partial charge in [-0.25, -0.2) is 4.79 Å². The van der Waals surface area contributed by atoms with Crippen molar-refractivity contribution < 1.29 is 9.53 Å². The van der Waals surface area contributed by atoms with Gasteiger partial charge in [-0.15, -0.1) is 11.3 Å². The molecule has 2 rings (SSSR count). The lowest BCUT2D eigenvalue weighted by molar-refractivity contribution is 0.0607. The van der Waals surface area contributed by atoms with Crippen LogP contribution in [0.2, 0.25) is 5.02 Å². The highest BCUT2D eigenvalue weighted by atomic mass is 35.5. The Morgan fingerprint density at radius 3 is 2.79 bits per heavy atom. The quantitative estimate of drug-likeness (QED) is 0.871. The van der Waals surface area contributed by atoms with Gasteiger partial charge in [-0.3, -0.25) is 0 Å². The Kier molecular flexibility index (Phi) is 4.12. The van der Waals surface area contributed by atoms with Gasteiger partial charge in [0.1, 0.15) is 4.88 Å². The van der Waals surface area contributed by atoms with Gasteiger partial charge in [0.25, 0.3) is 0 Å². The van der Waals surface area contributed by atoms with E-state index in [2.05, 4.69) is 0 Å². The maximum Gasteiger partial charge on any atom is 0.350 e. The van der Waals surface area contributed by atoms with Gasteiger partial charge in [0.15, 0.2) is 0 Å². The van der Waals surface area contributed by atoms with Crippen LogP contribution in [0, 0.1) is 0 Å². The lowest BCUT2D eigenvalue weighted by Gasteiger charge is -2.05. The average Bonchev–Trinajstić information content (AvgIpc) is 2.74. The van der Waals surface area contributed by atoms with E-state index in [1.54, 1.807) is 6.07 Å². The number of nitrogen functional groups attached to an aromatic ring is 1. The van der Waals surface area contributed by atoms with Crippen molar-refractivity contribution in [2.75, 3.05) is 12.8 Å². The number of ether oxygens (including phenoxy) is 1. The van der Waals surface area contributed by atoms with E-state index < -0.39 is 5.97 Å². The standard InChI is InChI=1S/C14H14ClNO2S/c1-3-10-11(8-5-4-6-9(15)7-8)12(16)13(19-10)14(17)18-2/h4-7H,3,16H2,1-2H3. The van der Waals surface area contributed by atoms with Crippen LogP contribution in [-0.4, -0.2) is 13.1 Å². The summed E-state index contributed by atoms with van der Waals surface area (Å²) in [6, 6.07) is 7.46. The zero-order chi connectivity index (χ0) is 14.0. The highest BCUT2D eigenvalue weighted by Crippen LogP contribution is 2.40. The van der Waals surface area contributed by atoms with Gasteiger partial charge in [-0.2, -0.15) is 0 Å². The van der Waals surface area contributed by atoms with Crippen molar-refractivity contribution >= 4 is 34.6 Å². The number of aryl methyl sites for hydroxylation is 1. The number of carbonyl (C=O) groups excluding carboxylic acids is 1. The van der Waals surface area contributed by atoms with Crippen molar-refractivity contribution in [1.82, 2.24) is 0 Å². The molecule has 1 aromatic heterocycles. The molecule has 100 valence electrons. The summed E-state index contributed by atoms with van der Waals surface area (Å²) in [7, 11) is 1.35. The molecule has 0 spiro atoms. The van der Waals surface area contributed by atoms with E-state index in [1.165, 1.54) is 18.4 Å². The Hall–Kier alpha value is -1.52. The molecular formula is C14H14ClNO2S. The summed E-state index contributed by atoms with van der Waals surface area (Å²) in [5.74, 6) is -0.398. The summed E-state index contributed by atoms with van der Waals surface area (Å²) < 4.78 is 4.75. The fourth-order valence-corrected chi connectivity index (χ4v) is 3.24. The molecule has 1 aromatic carbocycles. The van der Waals surface area contributed by atoms with Crippen LogP contribution in [0.15, 0.2) is 24.3 Å². The smallest absolute Gasteiger partial charge is 0.350 e. The minimum atomic E-state index is -0.398. The fraction of sp³-hybridized carbons (Fsp3) is 0.214. The predicted octanol–water partition coefficient (Wildman–Crippen LogP) is 4.00. The first kappa shape index (κ1) is 13.9. The van der Waals surface area contributed by atoms with Gasteiger partial charge >= 0.3 is 5.97 Å². The van der Waals surface area contributed by atoms with Crippen LogP contribution >= 0.6 is 22.9 Å². The van der Waals surface area contributed by atoms with E-state index in [-0.39, 0.29) is 0 Å². The van der Waals surface area contributed by atoms with Gasteiger partial charge in [-0.05, 0) is 24.1 Å². The largest absolute Gasteiger partial charge is 0.465 e. The molecular weight excluding hydrogens is 282 g/mol. The zero-order valence-corrected chi connectivity index (χ0v) is 12.3. The van der Waals surface area contributed by atoms with Gasteiger partial charge < -0.3 is 10.5 Å². The molecule has 0 aliphatic heterocycles. The summed E-state index contributed by atoms with van der Waals surface area (Å²) in [4.78, 5) is 13.2. The van der Waals surface area contributed by atoms with Crippen LogP contribution in [0.5, 0.6) is 0 Å². The molecule has 1 heterocycles. The number of nitrogens with two attached hydrogens (primary N) is 1. The molecule has 0 fully saturated rings. The lowest BCUT2D eigenvalue weighted by Crippen LogP contribution is -2.02. The fourth-order valence-electron chi connectivity index (χ4n) is 1.95. The molecule has 0 atom stereocenters. The van der Waals surface area contributed by atoms with Crippen molar-refractivity contribution in [3.05, 3.63) is 39.0 Å². The Labute approximate surface area is 121 Å². The van der Waals surface area contributed by atoms with Gasteiger partial charge in [0.2, 0.25) is 0 Å². The van der Waals surface area contributed by atoms with Crippen molar-refractivity contribution in [3.8, 4) is 11.1 Å². The summed E-state index contributed by atoms with van der Waals surface area (Å²) >= 11 is 7.39. The van der Waals surface area contributed by atoms with Crippen LogP contribution in [0.1, 0.15) is 21.5 Å². The molecule has 0 amide bonds. The number of carbonyl (C=O) groups is 1. The summed E-state index contributed by atoms with van der Waals surface area (Å²) in [6.07, 6.45) is 0.799. The highest BCUT2D eigenvalue weighted by molar-refractivity contribution is 7.15. The molecule has 2 N–H and O–H groups in total. The van der Waals surface area contributed by atoms with Crippen molar-refractivity contribution in [2.24, 2.45) is 0 Å². The number of halogens is 1. The minimum absolute atomic E-state index is 0.398. The van der Waals surface area contributed by atoms with Crippen molar-refractivity contribution in [2.45, 2.75) is 13.3 Å². The third-order valence-corrected chi connectivity index (χ3v) is 4.39. The van der Waals surface area contributed by atoms with Crippen LogP contribution in [0.4, 0.5) is 5.69 Å². The summed E-state index contributed by atoms with van der Waals surface area (Å²) in [6.45, 7) is 2.03. The molecule has 5 heteroatoms. The van der Waals surface area contributed by atoms with E-state index in [0.29, 0.717) is 15.6 Å². The van der Waals surface area contributed by atoms with Crippen LogP contribution in [0.3, 0.4) is 0 Å². The number of benzene rings is 1. The molecule has 19 heavy (non-hydrogen) atoms. The molecule has 0 bridgehead atoms. The molecule has 0 aliphatic rings. The molecule has 0 unspecified atom stereocenters. The number of anilines is 1. The molecule has 0 radical (unpaired) electrons. The normalized spacial score (nSPS) is 10.5. The maximum absolute atomic E-state index is 11.7. The highest BCUT2D eigenvalue weighted by Gasteiger charge is 2.21. The van der Waals surface area contributed by atoms with E-state index in [1.807, 2.05) is 25.1 Å². The third kappa shape index (κ3) is 2.60. The van der Waals surface area contributed by atoms with Crippen molar-refractivity contribution in [1.29, 1.82) is 0 Å². The van der Waals surface area contributed by atoms with Gasteiger partial charge in [0.05, 0.1) is 12.8 Å². The minimum Gasteiger partial charge on any atom is -0.465 e. The van der Waals surface area contributed by atoms with Crippen LogP contribution in [-0.2, 0) is 11.2 Å². The lowest BCUT2D eigenvalue weighted by atomic mass is 10.0. The van der Waals surface area contributed by atoms with E-state index in [4.69, 9.17) is 22.1 Å². The molecule has 2 aromatic rings. The predicted molar refractivity (Wildman–Crippen MR) is 79.9 cm³/mol. The first-order valence-electron chi connectivity index (χ1n) is 5.83. The maximum atomic E-state index is 11.7. The third-order valence-electron chi connectivity index (χ3n) is 2.82. The van der Waals surface area contributed by atoms with E-state index in [9.17, 15) is 4.79 Å². The van der Waals surface area contributed by atoms with E-state index >= 15 is 0 Å². The number of methoxy groups -OCH3 is 1. The zero-order valence-electron chi connectivity index (χ0n) is 10.7. The Morgan fingerprint density at radius 1 is 1.47 bits per heavy atom. The molecule has 0 saturated carbocycles. The van der Waals surface area contributed by atoms with E-state index in [0.717, 1.165) is 22.4 Å². The summed E-state index contributed by atoms with van der Waals surface area (Å²) in [5.41, 5.74) is 8.38. The number of hydrogen-bond acceptors (Lipinski definition) is 4. The topological polar surface area (TPSA) is 52.3 Å². The monoisotopic (exact) mass is 295 g/mol. The number of esters is 1. The Balaban J connectivity index is 2.62. The second kappa shape index (κ2) is 5.63. The molecule has 0 aliphatic carbocycles. The second-order valence-corrected chi connectivity index (χ2v) is 5.54. The number of hydrogen-bond donors (Lipinski definition) is 1. The average molecular weight is 296 g/mol. The van der Waals surface area contributed by atoms with Crippen LogP contribution in [0.25, 0.3) is 11.1 Å². The van der Waals surface area contributed by atoms with Crippen molar-refractivity contribution in [3.63, 3.8) is 0 Å². The van der Waals surface area contributed by atoms with Gasteiger partial charge in [-0.1, -0.05) is 30.7 Å². The molecule has 0 saturated heterocycles. The first-order valence-corrected chi connectivity index (χ1v) is 7.03. The van der Waals surface area contributed by atoms with Gasteiger partial charge in [0, 0.05) is 15.5 Å². The second-order valence-electron chi connectivity index (χ2n) is 4.00. The Morgan fingerprint density at radius 2 is 2.21 bits per heavy atom. The Bertz CT molecular complexity index is 622.